The van der Waals surface area contributed by atoms with Crippen molar-refractivity contribution in [2.24, 2.45) is 0 Å². The van der Waals surface area contributed by atoms with Gasteiger partial charge < -0.3 is 15.5 Å². The summed E-state index contributed by atoms with van der Waals surface area (Å²) in [5, 5.41) is 22.1. The van der Waals surface area contributed by atoms with E-state index in [2.05, 4.69) is 36.5 Å². The van der Waals surface area contributed by atoms with Crippen LogP contribution in [0, 0.1) is 0 Å². The minimum absolute atomic E-state index is 0.112. The summed E-state index contributed by atoms with van der Waals surface area (Å²) in [4.78, 5) is 11.7. The highest BCUT2D eigenvalue weighted by atomic mass is 16.3. The Morgan fingerprint density at radius 3 is 2.25 bits per heavy atom. The zero-order valence-electron chi connectivity index (χ0n) is 15.3. The monoisotopic (exact) mass is 337 g/mol. The Balaban J connectivity index is 3.98. The molecule has 0 rings (SSSR count). The summed E-state index contributed by atoms with van der Waals surface area (Å²) >= 11 is 0. The van der Waals surface area contributed by atoms with E-state index in [1.165, 1.54) is 0 Å². The molecular formula is C20H35NO3. The first kappa shape index (κ1) is 22.6. The molecule has 0 aliphatic carbocycles. The normalized spacial score (nSPS) is 14.7. The number of aliphatic hydroxyl groups is 2. The molecule has 0 aromatic rings. The molecule has 0 fully saturated rings. The molecule has 0 saturated carbocycles. The van der Waals surface area contributed by atoms with E-state index in [0.29, 0.717) is 6.42 Å². The van der Waals surface area contributed by atoms with Crippen molar-refractivity contribution in [3.63, 3.8) is 0 Å². The molecule has 1 amide bonds. The van der Waals surface area contributed by atoms with Gasteiger partial charge in [-0.15, -0.1) is 0 Å². The first-order valence-corrected chi connectivity index (χ1v) is 9.16. The van der Waals surface area contributed by atoms with Crippen LogP contribution < -0.4 is 5.32 Å². The van der Waals surface area contributed by atoms with Crippen molar-refractivity contribution in [2.45, 2.75) is 77.4 Å². The van der Waals surface area contributed by atoms with E-state index < -0.39 is 12.1 Å². The minimum Gasteiger partial charge on any atom is -0.394 e. The predicted octanol–water partition coefficient (Wildman–Crippen LogP) is 3.65. The van der Waals surface area contributed by atoms with Crippen LogP contribution in [0.1, 0.15) is 65.2 Å². The summed E-state index contributed by atoms with van der Waals surface area (Å²) in [6.45, 7) is 3.84. The highest BCUT2D eigenvalue weighted by Gasteiger charge is 2.17. The first-order valence-electron chi connectivity index (χ1n) is 9.16. The molecule has 138 valence electrons. The molecule has 2 atom stereocenters. The lowest BCUT2D eigenvalue weighted by molar-refractivity contribution is -0.123. The maximum Gasteiger partial charge on any atom is 0.220 e. The lowest BCUT2D eigenvalue weighted by Gasteiger charge is -2.19. The van der Waals surface area contributed by atoms with Crippen LogP contribution in [0.5, 0.6) is 0 Å². The Morgan fingerprint density at radius 1 is 1.04 bits per heavy atom. The number of amides is 1. The zero-order chi connectivity index (χ0) is 18.0. The molecule has 0 aromatic heterocycles. The molecule has 0 aliphatic heterocycles. The zero-order valence-corrected chi connectivity index (χ0v) is 15.3. The fourth-order valence-electron chi connectivity index (χ4n) is 2.21. The Labute approximate surface area is 147 Å². The average molecular weight is 338 g/mol. The van der Waals surface area contributed by atoms with Gasteiger partial charge in [0.25, 0.3) is 0 Å². The van der Waals surface area contributed by atoms with Crippen LogP contribution in [0.2, 0.25) is 0 Å². The van der Waals surface area contributed by atoms with E-state index in [-0.39, 0.29) is 12.5 Å². The van der Waals surface area contributed by atoms with Crippen molar-refractivity contribution in [1.29, 1.82) is 0 Å². The van der Waals surface area contributed by atoms with E-state index in [1.807, 2.05) is 13.0 Å². The molecule has 4 nitrogen and oxygen atoms in total. The Morgan fingerprint density at radius 2 is 1.67 bits per heavy atom. The SMILES string of the molecule is C/C=C/CC/C=C/CC/C=C/C(O)C(CO)NC(=O)CCCCC. The average Bonchev–Trinajstić information content (AvgIpc) is 2.58. The summed E-state index contributed by atoms with van der Waals surface area (Å²) in [5.74, 6) is -0.112. The minimum atomic E-state index is -0.858. The van der Waals surface area contributed by atoms with Crippen LogP contribution in [0.25, 0.3) is 0 Å². The van der Waals surface area contributed by atoms with Crippen LogP contribution in [-0.2, 0) is 4.79 Å². The molecule has 2 unspecified atom stereocenters. The topological polar surface area (TPSA) is 69.6 Å². The summed E-state index contributed by atoms with van der Waals surface area (Å²) in [6.07, 6.45) is 18.4. The molecule has 0 radical (unpaired) electrons. The van der Waals surface area contributed by atoms with E-state index >= 15 is 0 Å². The summed E-state index contributed by atoms with van der Waals surface area (Å²) in [6, 6.07) is -0.633. The number of carbonyl (C=O) groups is 1. The maximum absolute atomic E-state index is 11.7. The van der Waals surface area contributed by atoms with Gasteiger partial charge in [-0.05, 0) is 39.0 Å². The van der Waals surface area contributed by atoms with Gasteiger partial charge in [-0.2, -0.15) is 0 Å². The number of rotatable bonds is 14. The quantitative estimate of drug-likeness (QED) is 0.335. The molecule has 0 heterocycles. The summed E-state index contributed by atoms with van der Waals surface area (Å²) < 4.78 is 0. The third-order valence-corrected chi connectivity index (χ3v) is 3.70. The molecule has 0 bridgehead atoms. The van der Waals surface area contributed by atoms with Crippen LogP contribution >= 0.6 is 0 Å². The first-order chi connectivity index (χ1) is 11.7. The smallest absolute Gasteiger partial charge is 0.220 e. The van der Waals surface area contributed by atoms with Crippen molar-refractivity contribution >= 4 is 5.91 Å². The third kappa shape index (κ3) is 13.1. The van der Waals surface area contributed by atoms with Crippen molar-refractivity contribution in [3.8, 4) is 0 Å². The molecule has 0 spiro atoms. The van der Waals surface area contributed by atoms with Crippen LogP contribution in [0.15, 0.2) is 36.5 Å². The van der Waals surface area contributed by atoms with E-state index in [4.69, 9.17) is 0 Å². The highest BCUT2D eigenvalue weighted by molar-refractivity contribution is 5.76. The Bertz CT molecular complexity index is 388. The van der Waals surface area contributed by atoms with Crippen LogP contribution in [-0.4, -0.2) is 34.9 Å². The van der Waals surface area contributed by atoms with Gasteiger partial charge in [-0.1, -0.05) is 56.2 Å². The second-order valence-corrected chi connectivity index (χ2v) is 5.93. The molecule has 24 heavy (non-hydrogen) atoms. The molecule has 4 heteroatoms. The van der Waals surface area contributed by atoms with Gasteiger partial charge in [0.1, 0.15) is 0 Å². The summed E-state index contributed by atoms with van der Waals surface area (Å²) in [5.41, 5.74) is 0. The molecule has 3 N–H and O–H groups in total. The van der Waals surface area contributed by atoms with Gasteiger partial charge in [-0.3, -0.25) is 4.79 Å². The van der Waals surface area contributed by atoms with Crippen molar-refractivity contribution in [2.75, 3.05) is 6.61 Å². The number of carbonyl (C=O) groups excluding carboxylic acids is 1. The van der Waals surface area contributed by atoms with E-state index in [9.17, 15) is 15.0 Å². The van der Waals surface area contributed by atoms with Gasteiger partial charge in [-0.25, -0.2) is 0 Å². The fraction of sp³-hybridized carbons (Fsp3) is 0.650. The third-order valence-electron chi connectivity index (χ3n) is 3.70. The van der Waals surface area contributed by atoms with Crippen molar-refractivity contribution < 1.29 is 15.0 Å². The number of unbranched alkanes of at least 4 members (excludes halogenated alkanes) is 4. The molecule has 0 saturated heterocycles. The number of hydrogen-bond donors (Lipinski definition) is 3. The maximum atomic E-state index is 11.7. The lowest BCUT2D eigenvalue weighted by Crippen LogP contribution is -2.45. The Kier molecular flexibility index (Phi) is 15.5. The fourth-order valence-corrected chi connectivity index (χ4v) is 2.21. The molecule has 0 aromatic carbocycles. The standard InChI is InChI=1S/C20H35NO3/c1-3-5-7-8-9-10-11-12-14-15-19(23)18(17-22)21-20(24)16-13-6-4-2/h3,5,9-10,14-15,18-19,22-23H,4,6-8,11-13,16-17H2,1-2H3,(H,21,24)/b5-3+,10-9+,15-14+. The van der Waals surface area contributed by atoms with Crippen LogP contribution in [0.4, 0.5) is 0 Å². The predicted molar refractivity (Wildman–Crippen MR) is 101 cm³/mol. The second kappa shape index (κ2) is 16.5. The molecular weight excluding hydrogens is 302 g/mol. The largest absolute Gasteiger partial charge is 0.394 e. The number of hydrogen-bond acceptors (Lipinski definition) is 3. The highest BCUT2D eigenvalue weighted by Crippen LogP contribution is 2.03. The van der Waals surface area contributed by atoms with Gasteiger partial charge in [0.2, 0.25) is 5.91 Å². The lowest BCUT2D eigenvalue weighted by atomic mass is 10.1. The second-order valence-electron chi connectivity index (χ2n) is 5.93. The summed E-state index contributed by atoms with van der Waals surface area (Å²) in [7, 11) is 0. The van der Waals surface area contributed by atoms with Crippen molar-refractivity contribution in [1.82, 2.24) is 5.32 Å². The van der Waals surface area contributed by atoms with Gasteiger partial charge >= 0.3 is 0 Å². The Hall–Kier alpha value is -1.39. The van der Waals surface area contributed by atoms with E-state index in [0.717, 1.165) is 44.9 Å². The van der Waals surface area contributed by atoms with Crippen molar-refractivity contribution in [3.05, 3.63) is 36.5 Å². The molecule has 0 aliphatic rings. The number of allylic oxidation sites excluding steroid dienone is 5. The van der Waals surface area contributed by atoms with E-state index in [1.54, 1.807) is 6.08 Å². The van der Waals surface area contributed by atoms with Gasteiger partial charge in [0.05, 0.1) is 18.8 Å². The van der Waals surface area contributed by atoms with Crippen LogP contribution in [0.3, 0.4) is 0 Å². The van der Waals surface area contributed by atoms with Gasteiger partial charge in [0, 0.05) is 6.42 Å². The number of aliphatic hydroxyl groups excluding tert-OH is 2. The van der Waals surface area contributed by atoms with Gasteiger partial charge in [0.15, 0.2) is 0 Å². The number of nitrogens with one attached hydrogen (secondary N) is 1.